The normalized spacial score (nSPS) is 19.8. The van der Waals surface area contributed by atoms with Crippen molar-refractivity contribution in [1.82, 2.24) is 0 Å². The summed E-state index contributed by atoms with van der Waals surface area (Å²) in [7, 11) is 0. The molecule has 2 unspecified atom stereocenters. The van der Waals surface area contributed by atoms with Gasteiger partial charge in [-0.25, -0.2) is 13.2 Å². The number of nitrogens with zero attached hydrogens (tertiary/aromatic N) is 1. The number of aromatic hydroxyl groups is 1. The van der Waals surface area contributed by atoms with Crippen LogP contribution in [0.3, 0.4) is 0 Å². The quantitative estimate of drug-likeness (QED) is 0.523. The average molecular weight is 325 g/mol. The van der Waals surface area contributed by atoms with Crippen molar-refractivity contribution >= 4 is 0 Å². The predicted molar refractivity (Wildman–Crippen MR) is 72.3 cm³/mol. The lowest BCUT2D eigenvalue weighted by Crippen LogP contribution is -2.37. The SMILES string of the molecule is O=[N+]([O-])C1Cc2cc(O)ccc2OC1c1cc(F)c(F)cc1F. The second-order valence-corrected chi connectivity index (χ2v) is 5.18. The highest BCUT2D eigenvalue weighted by atomic mass is 19.2. The highest BCUT2D eigenvalue weighted by Gasteiger charge is 2.41. The van der Waals surface area contributed by atoms with Gasteiger partial charge in [0.25, 0.3) is 6.04 Å². The van der Waals surface area contributed by atoms with Crippen LogP contribution in [0.5, 0.6) is 11.5 Å². The number of rotatable bonds is 2. The number of benzene rings is 2. The second kappa shape index (κ2) is 5.45. The summed E-state index contributed by atoms with van der Waals surface area (Å²) in [5.41, 5.74) is -0.0460. The zero-order chi connectivity index (χ0) is 16.7. The summed E-state index contributed by atoms with van der Waals surface area (Å²) in [6.07, 6.45) is -1.54. The van der Waals surface area contributed by atoms with Gasteiger partial charge in [-0.3, -0.25) is 10.1 Å². The molecule has 0 radical (unpaired) electrons. The molecule has 0 saturated heterocycles. The number of phenols is 1. The van der Waals surface area contributed by atoms with Crippen LogP contribution in [-0.4, -0.2) is 16.1 Å². The zero-order valence-corrected chi connectivity index (χ0v) is 11.5. The van der Waals surface area contributed by atoms with E-state index in [1.807, 2.05) is 0 Å². The molecule has 1 aliphatic heterocycles. The van der Waals surface area contributed by atoms with Crippen molar-refractivity contribution in [3.05, 3.63) is 69.0 Å². The van der Waals surface area contributed by atoms with Crippen LogP contribution in [0.15, 0.2) is 30.3 Å². The van der Waals surface area contributed by atoms with Gasteiger partial charge >= 0.3 is 0 Å². The highest BCUT2D eigenvalue weighted by Crippen LogP contribution is 2.38. The Morgan fingerprint density at radius 3 is 2.52 bits per heavy atom. The summed E-state index contributed by atoms with van der Waals surface area (Å²) in [6.45, 7) is 0. The molecule has 0 amide bonds. The molecule has 5 nitrogen and oxygen atoms in total. The summed E-state index contributed by atoms with van der Waals surface area (Å²) in [5, 5.41) is 20.7. The molecular weight excluding hydrogens is 315 g/mol. The maximum absolute atomic E-state index is 13.9. The molecule has 3 rings (SSSR count). The fourth-order valence-corrected chi connectivity index (χ4v) is 2.60. The molecule has 2 aromatic rings. The van der Waals surface area contributed by atoms with Crippen molar-refractivity contribution in [2.24, 2.45) is 0 Å². The van der Waals surface area contributed by atoms with Gasteiger partial charge in [-0.15, -0.1) is 0 Å². The van der Waals surface area contributed by atoms with Gasteiger partial charge in [0, 0.05) is 28.5 Å². The molecule has 0 fully saturated rings. The lowest BCUT2D eigenvalue weighted by Gasteiger charge is -2.29. The van der Waals surface area contributed by atoms with E-state index in [1.165, 1.54) is 18.2 Å². The van der Waals surface area contributed by atoms with E-state index < -0.39 is 40.1 Å². The minimum atomic E-state index is -1.41. The van der Waals surface area contributed by atoms with Crippen LogP contribution in [-0.2, 0) is 6.42 Å². The van der Waals surface area contributed by atoms with E-state index >= 15 is 0 Å². The average Bonchev–Trinajstić information content (AvgIpc) is 2.49. The molecule has 1 heterocycles. The Morgan fingerprint density at radius 2 is 1.83 bits per heavy atom. The van der Waals surface area contributed by atoms with Crippen LogP contribution in [0, 0.1) is 27.6 Å². The molecule has 120 valence electrons. The molecule has 2 aromatic carbocycles. The lowest BCUT2D eigenvalue weighted by atomic mass is 9.92. The van der Waals surface area contributed by atoms with Crippen LogP contribution in [0.1, 0.15) is 17.2 Å². The summed E-state index contributed by atoms with van der Waals surface area (Å²) in [6, 6.07) is 3.50. The summed E-state index contributed by atoms with van der Waals surface area (Å²) < 4.78 is 45.8. The molecule has 0 aliphatic carbocycles. The predicted octanol–water partition coefficient (Wildman–Crippen LogP) is 3.13. The first-order valence-corrected chi connectivity index (χ1v) is 6.63. The summed E-state index contributed by atoms with van der Waals surface area (Å²) in [4.78, 5) is 10.6. The van der Waals surface area contributed by atoms with E-state index in [2.05, 4.69) is 0 Å². The zero-order valence-electron chi connectivity index (χ0n) is 11.5. The minimum absolute atomic E-state index is 0.0908. The van der Waals surface area contributed by atoms with Crippen molar-refractivity contribution < 1.29 is 27.9 Å². The third-order valence-corrected chi connectivity index (χ3v) is 3.69. The second-order valence-electron chi connectivity index (χ2n) is 5.18. The van der Waals surface area contributed by atoms with Gasteiger partial charge in [-0.2, -0.15) is 0 Å². The van der Waals surface area contributed by atoms with Gasteiger partial charge in [-0.1, -0.05) is 0 Å². The van der Waals surface area contributed by atoms with Gasteiger partial charge in [0.05, 0.1) is 0 Å². The number of nitro groups is 1. The van der Waals surface area contributed by atoms with Crippen LogP contribution in [0.4, 0.5) is 13.2 Å². The van der Waals surface area contributed by atoms with Crippen LogP contribution < -0.4 is 4.74 Å². The van der Waals surface area contributed by atoms with Gasteiger partial charge in [0.1, 0.15) is 17.3 Å². The molecule has 1 aliphatic rings. The van der Waals surface area contributed by atoms with Gasteiger partial charge < -0.3 is 9.84 Å². The first kappa shape index (κ1) is 15.1. The maximum atomic E-state index is 13.9. The Morgan fingerprint density at radius 1 is 1.13 bits per heavy atom. The summed E-state index contributed by atoms with van der Waals surface area (Å²) >= 11 is 0. The number of hydrogen-bond acceptors (Lipinski definition) is 4. The maximum Gasteiger partial charge on any atom is 0.257 e. The smallest absolute Gasteiger partial charge is 0.257 e. The lowest BCUT2D eigenvalue weighted by molar-refractivity contribution is -0.535. The minimum Gasteiger partial charge on any atom is -0.508 e. The number of hydrogen-bond donors (Lipinski definition) is 1. The van der Waals surface area contributed by atoms with E-state index in [4.69, 9.17) is 4.74 Å². The van der Waals surface area contributed by atoms with Crippen LogP contribution in [0.2, 0.25) is 0 Å². The third kappa shape index (κ3) is 2.67. The largest absolute Gasteiger partial charge is 0.508 e. The van der Waals surface area contributed by atoms with Crippen molar-refractivity contribution in [1.29, 1.82) is 0 Å². The molecule has 0 saturated carbocycles. The Labute approximate surface area is 128 Å². The Hall–Kier alpha value is -2.77. The first-order chi connectivity index (χ1) is 10.9. The van der Waals surface area contributed by atoms with Gasteiger partial charge in [0.15, 0.2) is 17.7 Å². The van der Waals surface area contributed by atoms with Gasteiger partial charge in [-0.05, 0) is 24.3 Å². The molecule has 23 heavy (non-hydrogen) atoms. The Balaban J connectivity index is 2.08. The van der Waals surface area contributed by atoms with E-state index in [0.29, 0.717) is 17.7 Å². The van der Waals surface area contributed by atoms with E-state index in [-0.39, 0.29) is 17.9 Å². The number of fused-ring (bicyclic) bond motifs is 1. The molecule has 1 N–H and O–H groups in total. The van der Waals surface area contributed by atoms with Crippen LogP contribution >= 0.6 is 0 Å². The van der Waals surface area contributed by atoms with Crippen molar-refractivity contribution in [3.8, 4) is 11.5 Å². The third-order valence-electron chi connectivity index (χ3n) is 3.69. The standard InChI is InChI=1S/C15H10F3NO4/c16-10-6-12(18)11(17)5-9(10)15-13(19(21)22)4-7-3-8(20)1-2-14(7)23-15/h1-3,5-6,13,15,20H,4H2. The molecule has 2 atom stereocenters. The Bertz CT molecular complexity index is 797. The fraction of sp³-hybridized carbons (Fsp3) is 0.200. The number of halogens is 3. The van der Waals surface area contributed by atoms with E-state index in [0.717, 1.165) is 0 Å². The van der Waals surface area contributed by atoms with Crippen molar-refractivity contribution in [2.45, 2.75) is 18.6 Å². The van der Waals surface area contributed by atoms with E-state index in [1.54, 1.807) is 0 Å². The molecule has 0 spiro atoms. The molecular formula is C15H10F3NO4. The van der Waals surface area contributed by atoms with Crippen LogP contribution in [0.25, 0.3) is 0 Å². The number of ether oxygens (including phenoxy) is 1. The van der Waals surface area contributed by atoms with Crippen molar-refractivity contribution in [2.75, 3.05) is 0 Å². The van der Waals surface area contributed by atoms with E-state index in [9.17, 15) is 28.4 Å². The highest BCUT2D eigenvalue weighted by molar-refractivity contribution is 5.42. The molecule has 8 heteroatoms. The van der Waals surface area contributed by atoms with Crippen molar-refractivity contribution in [3.63, 3.8) is 0 Å². The monoisotopic (exact) mass is 325 g/mol. The molecule has 0 aromatic heterocycles. The fourth-order valence-electron chi connectivity index (χ4n) is 2.60. The Kier molecular flexibility index (Phi) is 3.59. The summed E-state index contributed by atoms with van der Waals surface area (Å²) in [5.74, 6) is -3.70. The van der Waals surface area contributed by atoms with Gasteiger partial charge in [0.2, 0.25) is 0 Å². The first-order valence-electron chi connectivity index (χ1n) is 6.63. The number of phenolic OH excluding ortho intramolecular Hbond substituents is 1. The molecule has 0 bridgehead atoms. The topological polar surface area (TPSA) is 72.6 Å².